The summed E-state index contributed by atoms with van der Waals surface area (Å²) in [4.78, 5) is 12.3. The molecule has 0 aliphatic heterocycles. The Kier molecular flexibility index (Phi) is 4.76. The van der Waals surface area contributed by atoms with Gasteiger partial charge in [0.1, 0.15) is 0 Å². The molecule has 0 unspecified atom stereocenters. The summed E-state index contributed by atoms with van der Waals surface area (Å²) >= 11 is 0. The standard InChI is InChI=1S/C22H26N2O/c1-15(16-8-6-5-7-9-16)23-24-21(25)20-14-19(20)17-10-12-18(13-11-17)22(2,3)4/h5-13,19-20H,14H2,1-4H3,(H,24,25)/b23-15+/t19-,20+/m0/s1. The van der Waals surface area contributed by atoms with Crippen molar-refractivity contribution >= 4 is 11.6 Å². The fraction of sp³-hybridized carbons (Fsp3) is 0.364. The highest BCUT2D eigenvalue weighted by Crippen LogP contribution is 2.47. The SMILES string of the molecule is C/C(=N\NC(=O)[C@@H]1C[C@H]1c1ccc(C(C)(C)C)cc1)c1ccccc1. The van der Waals surface area contributed by atoms with Crippen LogP contribution in [0.25, 0.3) is 0 Å². The molecule has 3 heteroatoms. The first-order chi connectivity index (χ1) is 11.9. The van der Waals surface area contributed by atoms with Gasteiger partial charge in [-0.2, -0.15) is 5.10 Å². The molecule has 1 aliphatic rings. The summed E-state index contributed by atoms with van der Waals surface area (Å²) in [5.41, 5.74) is 7.29. The van der Waals surface area contributed by atoms with Crippen LogP contribution in [-0.4, -0.2) is 11.6 Å². The molecule has 25 heavy (non-hydrogen) atoms. The predicted molar refractivity (Wildman–Crippen MR) is 103 cm³/mol. The van der Waals surface area contributed by atoms with Crippen molar-refractivity contribution in [3.05, 3.63) is 71.3 Å². The molecule has 0 bridgehead atoms. The molecule has 3 rings (SSSR count). The van der Waals surface area contributed by atoms with E-state index in [9.17, 15) is 4.79 Å². The van der Waals surface area contributed by atoms with E-state index in [2.05, 4.69) is 55.6 Å². The summed E-state index contributed by atoms with van der Waals surface area (Å²) < 4.78 is 0. The minimum atomic E-state index is 0.0141. The van der Waals surface area contributed by atoms with Crippen LogP contribution in [0.5, 0.6) is 0 Å². The fourth-order valence-corrected chi connectivity index (χ4v) is 3.05. The maximum atomic E-state index is 12.3. The Morgan fingerprint density at radius 1 is 1.04 bits per heavy atom. The van der Waals surface area contributed by atoms with Gasteiger partial charge in [0.25, 0.3) is 0 Å². The predicted octanol–water partition coefficient (Wildman–Crippen LogP) is 4.63. The molecule has 1 aliphatic carbocycles. The molecule has 1 fully saturated rings. The van der Waals surface area contributed by atoms with Crippen molar-refractivity contribution in [3.63, 3.8) is 0 Å². The molecule has 130 valence electrons. The van der Waals surface area contributed by atoms with E-state index in [-0.39, 0.29) is 17.2 Å². The largest absolute Gasteiger partial charge is 0.273 e. The van der Waals surface area contributed by atoms with Gasteiger partial charge in [-0.15, -0.1) is 0 Å². The van der Waals surface area contributed by atoms with Crippen LogP contribution in [0.15, 0.2) is 59.7 Å². The minimum absolute atomic E-state index is 0.0141. The average molecular weight is 334 g/mol. The summed E-state index contributed by atoms with van der Waals surface area (Å²) in [7, 11) is 0. The molecule has 3 nitrogen and oxygen atoms in total. The fourth-order valence-electron chi connectivity index (χ4n) is 3.05. The zero-order valence-electron chi connectivity index (χ0n) is 15.4. The first-order valence-corrected chi connectivity index (χ1v) is 8.86. The Balaban J connectivity index is 1.59. The highest BCUT2D eigenvalue weighted by atomic mass is 16.2. The molecule has 0 spiro atoms. The van der Waals surface area contributed by atoms with Crippen molar-refractivity contribution in [1.82, 2.24) is 5.43 Å². The summed E-state index contributed by atoms with van der Waals surface area (Å²) in [6.45, 7) is 8.54. The van der Waals surface area contributed by atoms with E-state index in [0.717, 1.165) is 17.7 Å². The van der Waals surface area contributed by atoms with Crippen LogP contribution >= 0.6 is 0 Å². The highest BCUT2D eigenvalue weighted by molar-refractivity contribution is 5.99. The Labute approximate surface area is 150 Å². The second kappa shape index (κ2) is 6.83. The zero-order chi connectivity index (χ0) is 18.0. The van der Waals surface area contributed by atoms with Gasteiger partial charge in [0.05, 0.1) is 5.71 Å². The number of amides is 1. The lowest BCUT2D eigenvalue weighted by atomic mass is 9.86. The number of nitrogens with one attached hydrogen (secondary N) is 1. The number of benzene rings is 2. The second-order valence-electron chi connectivity index (χ2n) is 7.86. The first-order valence-electron chi connectivity index (χ1n) is 8.86. The zero-order valence-corrected chi connectivity index (χ0v) is 15.4. The molecular weight excluding hydrogens is 308 g/mol. The van der Waals surface area contributed by atoms with Crippen molar-refractivity contribution in [2.24, 2.45) is 11.0 Å². The minimum Gasteiger partial charge on any atom is -0.273 e. The van der Waals surface area contributed by atoms with Crippen molar-refractivity contribution < 1.29 is 4.79 Å². The third-order valence-electron chi connectivity index (χ3n) is 4.86. The third kappa shape index (κ3) is 4.16. The number of hydrogen-bond acceptors (Lipinski definition) is 2. The molecule has 0 radical (unpaired) electrons. The van der Waals surface area contributed by atoms with Crippen LogP contribution < -0.4 is 5.43 Å². The quantitative estimate of drug-likeness (QED) is 0.643. The lowest BCUT2D eigenvalue weighted by Gasteiger charge is -2.19. The van der Waals surface area contributed by atoms with E-state index in [4.69, 9.17) is 0 Å². The molecule has 2 atom stereocenters. The van der Waals surface area contributed by atoms with Crippen molar-refractivity contribution in [2.75, 3.05) is 0 Å². The number of nitrogens with zero attached hydrogens (tertiary/aromatic N) is 1. The van der Waals surface area contributed by atoms with Gasteiger partial charge in [0.2, 0.25) is 5.91 Å². The Hall–Kier alpha value is -2.42. The van der Waals surface area contributed by atoms with Gasteiger partial charge in [-0.05, 0) is 41.4 Å². The molecular formula is C22H26N2O. The molecule has 0 heterocycles. The smallest absolute Gasteiger partial charge is 0.243 e. The molecule has 2 aromatic rings. The summed E-state index contributed by atoms with van der Waals surface area (Å²) in [6, 6.07) is 18.6. The van der Waals surface area contributed by atoms with Crippen LogP contribution in [0.4, 0.5) is 0 Å². The lowest BCUT2D eigenvalue weighted by molar-refractivity contribution is -0.122. The summed E-state index contributed by atoms with van der Waals surface area (Å²) in [5.74, 6) is 0.370. The molecule has 2 aromatic carbocycles. The number of hydrazone groups is 1. The first kappa shape index (κ1) is 17.4. The van der Waals surface area contributed by atoms with Crippen LogP contribution in [0.3, 0.4) is 0 Å². The average Bonchev–Trinajstić information content (AvgIpc) is 3.40. The van der Waals surface area contributed by atoms with Crippen molar-refractivity contribution in [1.29, 1.82) is 0 Å². The van der Waals surface area contributed by atoms with E-state index >= 15 is 0 Å². The van der Waals surface area contributed by atoms with Crippen LogP contribution in [-0.2, 0) is 10.2 Å². The van der Waals surface area contributed by atoms with Crippen LogP contribution in [0.1, 0.15) is 56.7 Å². The van der Waals surface area contributed by atoms with Gasteiger partial charge in [-0.3, -0.25) is 4.79 Å². The summed E-state index contributed by atoms with van der Waals surface area (Å²) in [6.07, 6.45) is 0.903. The number of hydrogen-bond donors (Lipinski definition) is 1. The Morgan fingerprint density at radius 3 is 2.28 bits per heavy atom. The van der Waals surface area contributed by atoms with Crippen LogP contribution in [0, 0.1) is 5.92 Å². The van der Waals surface area contributed by atoms with E-state index in [1.54, 1.807) is 0 Å². The molecule has 0 aromatic heterocycles. The topological polar surface area (TPSA) is 41.5 Å². The normalized spacial score (nSPS) is 20.2. The maximum Gasteiger partial charge on any atom is 0.243 e. The van der Waals surface area contributed by atoms with E-state index < -0.39 is 0 Å². The van der Waals surface area contributed by atoms with E-state index in [1.165, 1.54) is 11.1 Å². The van der Waals surface area contributed by atoms with E-state index in [1.807, 2.05) is 37.3 Å². The summed E-state index contributed by atoms with van der Waals surface area (Å²) in [5, 5.41) is 4.25. The number of rotatable bonds is 4. The number of carbonyl (C=O) groups excluding carboxylic acids is 1. The molecule has 1 N–H and O–H groups in total. The monoisotopic (exact) mass is 334 g/mol. The molecule has 1 saturated carbocycles. The van der Waals surface area contributed by atoms with Crippen molar-refractivity contribution in [2.45, 2.75) is 45.4 Å². The van der Waals surface area contributed by atoms with E-state index in [0.29, 0.717) is 5.92 Å². The lowest BCUT2D eigenvalue weighted by Crippen LogP contribution is -2.21. The highest BCUT2D eigenvalue weighted by Gasteiger charge is 2.44. The Bertz CT molecular complexity index is 770. The van der Waals surface area contributed by atoms with Gasteiger partial charge in [0, 0.05) is 5.92 Å². The van der Waals surface area contributed by atoms with Gasteiger partial charge < -0.3 is 0 Å². The molecule has 1 amide bonds. The maximum absolute atomic E-state index is 12.3. The Morgan fingerprint density at radius 2 is 1.68 bits per heavy atom. The second-order valence-corrected chi connectivity index (χ2v) is 7.86. The van der Waals surface area contributed by atoms with Gasteiger partial charge in [-0.1, -0.05) is 75.4 Å². The van der Waals surface area contributed by atoms with Gasteiger partial charge in [-0.25, -0.2) is 5.43 Å². The van der Waals surface area contributed by atoms with Gasteiger partial charge >= 0.3 is 0 Å². The number of carbonyl (C=O) groups is 1. The third-order valence-corrected chi connectivity index (χ3v) is 4.86. The molecule has 0 saturated heterocycles. The van der Waals surface area contributed by atoms with Crippen LogP contribution in [0.2, 0.25) is 0 Å². The van der Waals surface area contributed by atoms with Crippen molar-refractivity contribution in [3.8, 4) is 0 Å². The van der Waals surface area contributed by atoms with Gasteiger partial charge in [0.15, 0.2) is 0 Å².